The predicted molar refractivity (Wildman–Crippen MR) is 106 cm³/mol. The van der Waals surface area contributed by atoms with Crippen molar-refractivity contribution in [1.82, 2.24) is 0 Å². The Morgan fingerprint density at radius 1 is 0.852 bits per heavy atom. The molecule has 0 N–H and O–H groups in total. The molecule has 3 aromatic carbocycles. The molecule has 0 aliphatic rings. The first-order valence-electron chi connectivity index (χ1n) is 8.45. The second kappa shape index (κ2) is 9.02. The van der Waals surface area contributed by atoms with Crippen LogP contribution in [0, 0.1) is 11.3 Å². The highest BCUT2D eigenvalue weighted by Gasteiger charge is 2.08. The van der Waals surface area contributed by atoms with E-state index in [-0.39, 0.29) is 0 Å². The third kappa shape index (κ3) is 5.32. The lowest BCUT2D eigenvalue weighted by atomic mass is 10.2. The molecule has 0 saturated carbocycles. The summed E-state index contributed by atoms with van der Waals surface area (Å²) in [4.78, 5) is 4.59. The van der Waals surface area contributed by atoms with Gasteiger partial charge in [-0.15, -0.1) is 0 Å². The molecule has 4 heteroatoms. The maximum absolute atomic E-state index is 8.93. The van der Waals surface area contributed by atoms with Gasteiger partial charge in [0.05, 0.1) is 23.6 Å². The van der Waals surface area contributed by atoms with Crippen LogP contribution in [-0.2, 0) is 0 Å². The number of rotatable bonds is 5. The third-order valence-corrected chi connectivity index (χ3v) is 3.64. The molecule has 0 unspecified atom stereocenters. The van der Waals surface area contributed by atoms with Crippen LogP contribution in [0.1, 0.15) is 12.5 Å². The van der Waals surface area contributed by atoms with Crippen LogP contribution >= 0.6 is 0 Å². The summed E-state index contributed by atoms with van der Waals surface area (Å²) in [6.45, 7) is 1.87. The first-order valence-corrected chi connectivity index (χ1v) is 8.45. The fraction of sp³-hybridized carbons (Fsp3) is 0.0435. The molecule has 0 aliphatic carbocycles. The van der Waals surface area contributed by atoms with E-state index < -0.39 is 0 Å². The van der Waals surface area contributed by atoms with Crippen molar-refractivity contribution >= 4 is 11.6 Å². The van der Waals surface area contributed by atoms with Crippen LogP contribution in [0.3, 0.4) is 0 Å². The van der Waals surface area contributed by atoms with Gasteiger partial charge < -0.3 is 9.47 Å². The Morgan fingerprint density at radius 3 is 2.11 bits per heavy atom. The van der Waals surface area contributed by atoms with Gasteiger partial charge in [-0.3, -0.25) is 0 Å². The number of aliphatic imine (C=N–C) groups is 1. The Kier molecular flexibility index (Phi) is 6.00. The SMILES string of the molecule is CC(=C\Oc1ccccc1)/C(=N/c1ccccc1)Oc1ccc(C#N)cc1. The van der Waals surface area contributed by atoms with Crippen LogP contribution in [0.5, 0.6) is 11.5 Å². The second-order valence-electron chi connectivity index (χ2n) is 5.72. The van der Waals surface area contributed by atoms with Gasteiger partial charge in [0.15, 0.2) is 0 Å². The number of benzene rings is 3. The molecule has 0 spiro atoms. The zero-order valence-electron chi connectivity index (χ0n) is 14.9. The van der Waals surface area contributed by atoms with Crippen LogP contribution in [0.2, 0.25) is 0 Å². The van der Waals surface area contributed by atoms with Gasteiger partial charge in [-0.1, -0.05) is 36.4 Å². The minimum absolute atomic E-state index is 0.418. The molecule has 3 rings (SSSR count). The summed E-state index contributed by atoms with van der Waals surface area (Å²) in [6.07, 6.45) is 1.61. The molecule has 0 fully saturated rings. The normalized spacial score (nSPS) is 11.6. The molecular formula is C23H18N2O2. The molecule has 0 bridgehead atoms. The quantitative estimate of drug-likeness (QED) is 0.338. The molecule has 0 aliphatic heterocycles. The van der Waals surface area contributed by atoms with E-state index in [1.807, 2.05) is 67.6 Å². The third-order valence-electron chi connectivity index (χ3n) is 3.64. The molecule has 132 valence electrons. The lowest BCUT2D eigenvalue weighted by Crippen LogP contribution is -2.11. The molecule has 4 nitrogen and oxygen atoms in total. The number of ether oxygens (including phenoxy) is 2. The van der Waals surface area contributed by atoms with Gasteiger partial charge >= 0.3 is 0 Å². The minimum Gasteiger partial charge on any atom is -0.465 e. The second-order valence-corrected chi connectivity index (χ2v) is 5.72. The molecule has 27 heavy (non-hydrogen) atoms. The largest absolute Gasteiger partial charge is 0.465 e. The average Bonchev–Trinajstić information content (AvgIpc) is 2.73. The average molecular weight is 354 g/mol. The lowest BCUT2D eigenvalue weighted by molar-refractivity contribution is 0.473. The van der Waals surface area contributed by atoms with Crippen molar-refractivity contribution in [3.05, 3.63) is 102 Å². The molecule has 0 aromatic heterocycles. The van der Waals surface area contributed by atoms with E-state index in [9.17, 15) is 0 Å². The van der Waals surface area contributed by atoms with Gasteiger partial charge in [0.1, 0.15) is 11.5 Å². The van der Waals surface area contributed by atoms with Crippen molar-refractivity contribution in [2.24, 2.45) is 4.99 Å². The summed E-state index contributed by atoms with van der Waals surface area (Å²) in [6, 6.07) is 28.0. The van der Waals surface area contributed by atoms with E-state index >= 15 is 0 Å². The summed E-state index contributed by atoms with van der Waals surface area (Å²) < 4.78 is 11.7. The van der Waals surface area contributed by atoms with Gasteiger partial charge in [-0.2, -0.15) is 5.26 Å². The van der Waals surface area contributed by atoms with Crippen LogP contribution in [0.25, 0.3) is 0 Å². The fourth-order valence-corrected chi connectivity index (χ4v) is 2.23. The highest BCUT2D eigenvalue weighted by molar-refractivity contribution is 5.96. The van der Waals surface area contributed by atoms with Crippen LogP contribution in [0.15, 0.2) is 102 Å². The Balaban J connectivity index is 1.86. The Labute approximate surface area is 158 Å². The summed E-state index contributed by atoms with van der Waals surface area (Å²) in [5.74, 6) is 1.74. The van der Waals surface area contributed by atoms with E-state index in [0.29, 0.717) is 17.2 Å². The van der Waals surface area contributed by atoms with Crippen molar-refractivity contribution in [2.45, 2.75) is 6.92 Å². The summed E-state index contributed by atoms with van der Waals surface area (Å²) >= 11 is 0. The maximum atomic E-state index is 8.93. The number of hydrogen-bond acceptors (Lipinski definition) is 4. The molecule has 0 saturated heterocycles. The van der Waals surface area contributed by atoms with Gasteiger partial charge in [0, 0.05) is 5.57 Å². The van der Waals surface area contributed by atoms with Crippen molar-refractivity contribution in [3.8, 4) is 17.6 Å². The Morgan fingerprint density at radius 2 is 1.48 bits per heavy atom. The van der Waals surface area contributed by atoms with E-state index in [4.69, 9.17) is 14.7 Å². The highest BCUT2D eigenvalue weighted by atomic mass is 16.5. The van der Waals surface area contributed by atoms with Crippen LogP contribution in [-0.4, -0.2) is 5.90 Å². The standard InChI is InChI=1S/C23H18N2O2/c1-18(17-26-21-10-6-3-7-11-21)23(25-20-8-4-2-5-9-20)27-22-14-12-19(16-24)13-15-22/h2-15,17H,1H3/b18-17+,25-23-. The van der Waals surface area contributed by atoms with Crippen LogP contribution < -0.4 is 9.47 Å². The summed E-state index contributed by atoms with van der Waals surface area (Å²) in [5, 5.41) is 8.93. The van der Waals surface area contributed by atoms with Crippen molar-refractivity contribution in [2.75, 3.05) is 0 Å². The number of para-hydroxylation sites is 2. The number of hydrogen-bond donors (Lipinski definition) is 0. The predicted octanol–water partition coefficient (Wildman–Crippen LogP) is 5.65. The van der Waals surface area contributed by atoms with Crippen molar-refractivity contribution in [1.29, 1.82) is 5.26 Å². The lowest BCUT2D eigenvalue weighted by Gasteiger charge is -2.10. The van der Waals surface area contributed by atoms with E-state index in [0.717, 1.165) is 17.0 Å². The molecule has 0 heterocycles. The molecule has 0 amide bonds. The van der Waals surface area contributed by atoms with Crippen LogP contribution in [0.4, 0.5) is 5.69 Å². The van der Waals surface area contributed by atoms with E-state index in [2.05, 4.69) is 11.1 Å². The van der Waals surface area contributed by atoms with Gasteiger partial charge in [-0.25, -0.2) is 4.99 Å². The molecule has 0 atom stereocenters. The Bertz CT molecular complexity index is 970. The van der Waals surface area contributed by atoms with Gasteiger partial charge in [-0.05, 0) is 55.5 Å². The Hall–Kier alpha value is -3.84. The number of nitriles is 1. The van der Waals surface area contributed by atoms with Gasteiger partial charge in [0.25, 0.3) is 0 Å². The van der Waals surface area contributed by atoms with E-state index in [1.54, 1.807) is 30.5 Å². The van der Waals surface area contributed by atoms with Crippen molar-refractivity contribution < 1.29 is 9.47 Å². The molecule has 3 aromatic rings. The zero-order chi connectivity index (χ0) is 18.9. The number of nitrogens with zero attached hydrogens (tertiary/aromatic N) is 2. The fourth-order valence-electron chi connectivity index (χ4n) is 2.23. The summed E-state index contributed by atoms with van der Waals surface area (Å²) in [7, 11) is 0. The maximum Gasteiger partial charge on any atom is 0.225 e. The topological polar surface area (TPSA) is 54.6 Å². The first kappa shape index (κ1) is 18.0. The first-order chi connectivity index (χ1) is 13.2. The highest BCUT2D eigenvalue weighted by Crippen LogP contribution is 2.18. The molecule has 0 radical (unpaired) electrons. The summed E-state index contributed by atoms with van der Waals surface area (Å²) in [5.41, 5.74) is 2.07. The zero-order valence-corrected chi connectivity index (χ0v) is 14.9. The smallest absolute Gasteiger partial charge is 0.225 e. The molecular weight excluding hydrogens is 336 g/mol. The van der Waals surface area contributed by atoms with Gasteiger partial charge in [0.2, 0.25) is 5.90 Å². The minimum atomic E-state index is 0.418. The van der Waals surface area contributed by atoms with Crippen molar-refractivity contribution in [3.63, 3.8) is 0 Å². The van der Waals surface area contributed by atoms with E-state index in [1.165, 1.54) is 0 Å². The monoisotopic (exact) mass is 354 g/mol.